The third-order valence-electron chi connectivity index (χ3n) is 3.32. The van der Waals surface area contributed by atoms with Crippen molar-refractivity contribution in [1.82, 2.24) is 5.32 Å². The molecule has 0 aliphatic rings. The Bertz CT molecular complexity index is 830. The number of rotatable bonds is 7. The number of carbonyl (C=O) groups is 3. The summed E-state index contributed by atoms with van der Waals surface area (Å²) in [5.41, 5.74) is 0.632. The number of carbonyl (C=O) groups excluding carboxylic acids is 3. The molecule has 136 valence electrons. The summed E-state index contributed by atoms with van der Waals surface area (Å²) in [6, 6.07) is 12.8. The van der Waals surface area contributed by atoms with Gasteiger partial charge in [0.1, 0.15) is 6.61 Å². The highest BCUT2D eigenvalue weighted by molar-refractivity contribution is 5.95. The molecule has 2 rings (SSSR count). The van der Waals surface area contributed by atoms with Gasteiger partial charge in [-0.15, -0.1) is 0 Å². The molecule has 0 spiro atoms. The van der Waals surface area contributed by atoms with Gasteiger partial charge in [-0.05, 0) is 29.8 Å². The highest BCUT2D eigenvalue weighted by Gasteiger charge is 2.10. The molecule has 0 unspecified atom stereocenters. The first-order valence-electron chi connectivity index (χ1n) is 7.86. The van der Waals surface area contributed by atoms with Crippen LogP contribution in [0.1, 0.15) is 17.3 Å². The lowest BCUT2D eigenvalue weighted by Gasteiger charge is -2.08. The Kier molecular flexibility index (Phi) is 6.73. The van der Waals surface area contributed by atoms with Crippen molar-refractivity contribution < 1.29 is 28.6 Å². The molecule has 0 aromatic heterocycles. The number of esters is 2. The number of ether oxygens (including phenoxy) is 3. The van der Waals surface area contributed by atoms with E-state index in [4.69, 9.17) is 14.2 Å². The zero-order valence-electron chi connectivity index (χ0n) is 14.3. The van der Waals surface area contributed by atoms with Crippen molar-refractivity contribution in [3.05, 3.63) is 60.2 Å². The summed E-state index contributed by atoms with van der Waals surface area (Å²) >= 11 is 0. The van der Waals surface area contributed by atoms with E-state index in [1.54, 1.807) is 12.1 Å². The smallest absolute Gasteiger partial charge is 0.410 e. The maximum Gasteiger partial charge on any atom is 0.410 e. The first-order chi connectivity index (χ1) is 12.5. The number of nitrogens with one attached hydrogen (secondary N) is 1. The van der Waals surface area contributed by atoms with E-state index in [-0.39, 0.29) is 18.7 Å². The van der Waals surface area contributed by atoms with E-state index in [9.17, 15) is 14.4 Å². The monoisotopic (exact) mass is 357 g/mol. The quantitative estimate of drug-likeness (QED) is 0.355. The van der Waals surface area contributed by atoms with E-state index in [0.29, 0.717) is 5.56 Å². The second-order valence-electron chi connectivity index (χ2n) is 5.39. The predicted molar refractivity (Wildman–Crippen MR) is 94.5 cm³/mol. The van der Waals surface area contributed by atoms with Crippen molar-refractivity contribution >= 4 is 28.8 Å². The number of benzene rings is 2. The zero-order chi connectivity index (χ0) is 18.9. The molecule has 0 bridgehead atoms. The normalized spacial score (nSPS) is 10.0. The molecule has 1 amide bonds. The van der Waals surface area contributed by atoms with Crippen LogP contribution in [-0.2, 0) is 19.0 Å². The molecule has 7 heteroatoms. The summed E-state index contributed by atoms with van der Waals surface area (Å²) in [5.74, 6) is -1.14. The Morgan fingerprint density at radius 2 is 1.73 bits per heavy atom. The SMILES string of the molecule is C=C(C)C(=O)OCCNC(=O)OCOC(=O)c1ccc2ccccc2c1. The minimum atomic E-state index is -0.789. The Hall–Kier alpha value is -3.35. The van der Waals surface area contributed by atoms with E-state index in [1.807, 2.05) is 30.3 Å². The first-order valence-corrected chi connectivity index (χ1v) is 7.86. The zero-order valence-corrected chi connectivity index (χ0v) is 14.3. The van der Waals surface area contributed by atoms with Crippen molar-refractivity contribution in [3.63, 3.8) is 0 Å². The van der Waals surface area contributed by atoms with Crippen molar-refractivity contribution in [3.8, 4) is 0 Å². The van der Waals surface area contributed by atoms with Crippen LogP contribution in [0.4, 0.5) is 4.79 Å². The van der Waals surface area contributed by atoms with Gasteiger partial charge in [-0.1, -0.05) is 36.9 Å². The lowest BCUT2D eigenvalue weighted by molar-refractivity contribution is -0.138. The van der Waals surface area contributed by atoms with Gasteiger partial charge in [0.25, 0.3) is 0 Å². The topological polar surface area (TPSA) is 90.9 Å². The second kappa shape index (κ2) is 9.22. The van der Waals surface area contributed by atoms with Gasteiger partial charge in [0.2, 0.25) is 6.79 Å². The summed E-state index contributed by atoms with van der Waals surface area (Å²) in [6.45, 7) is 4.48. The van der Waals surface area contributed by atoms with Crippen LogP contribution in [0.3, 0.4) is 0 Å². The molecule has 2 aromatic rings. The van der Waals surface area contributed by atoms with Crippen molar-refractivity contribution in [2.45, 2.75) is 6.92 Å². The molecule has 0 fully saturated rings. The molecule has 2 aromatic carbocycles. The Morgan fingerprint density at radius 1 is 1.00 bits per heavy atom. The second-order valence-corrected chi connectivity index (χ2v) is 5.39. The number of alkyl carbamates (subject to hydrolysis) is 1. The highest BCUT2D eigenvalue weighted by Crippen LogP contribution is 2.16. The van der Waals surface area contributed by atoms with Gasteiger partial charge in [-0.25, -0.2) is 14.4 Å². The summed E-state index contributed by atoms with van der Waals surface area (Å²) in [6.07, 6.45) is -0.789. The van der Waals surface area contributed by atoms with E-state index < -0.39 is 24.8 Å². The average molecular weight is 357 g/mol. The molecule has 7 nitrogen and oxygen atoms in total. The Morgan fingerprint density at radius 3 is 2.46 bits per heavy atom. The molecular weight excluding hydrogens is 338 g/mol. The van der Waals surface area contributed by atoms with Crippen LogP contribution in [-0.4, -0.2) is 38.0 Å². The van der Waals surface area contributed by atoms with Crippen molar-refractivity contribution in [2.24, 2.45) is 0 Å². The fraction of sp³-hybridized carbons (Fsp3) is 0.211. The summed E-state index contributed by atoms with van der Waals surface area (Å²) in [7, 11) is 0. The van der Waals surface area contributed by atoms with Crippen LogP contribution >= 0.6 is 0 Å². The molecule has 0 aliphatic heterocycles. The van der Waals surface area contributed by atoms with Crippen LogP contribution in [0.5, 0.6) is 0 Å². The van der Waals surface area contributed by atoms with Gasteiger partial charge in [0, 0.05) is 5.57 Å². The minimum absolute atomic E-state index is 0.0162. The Balaban J connectivity index is 1.69. The maximum atomic E-state index is 12.0. The van der Waals surface area contributed by atoms with E-state index in [1.165, 1.54) is 6.92 Å². The third-order valence-corrected chi connectivity index (χ3v) is 3.32. The van der Waals surface area contributed by atoms with E-state index in [2.05, 4.69) is 11.9 Å². The molecule has 0 aliphatic carbocycles. The number of amides is 1. The van der Waals surface area contributed by atoms with Gasteiger partial charge >= 0.3 is 18.0 Å². The number of fused-ring (bicyclic) bond motifs is 1. The first kappa shape index (κ1) is 19.0. The maximum absolute atomic E-state index is 12.0. The fourth-order valence-electron chi connectivity index (χ4n) is 2.01. The fourth-order valence-corrected chi connectivity index (χ4v) is 2.01. The van der Waals surface area contributed by atoms with Crippen molar-refractivity contribution in [1.29, 1.82) is 0 Å². The molecular formula is C19H19NO6. The largest absolute Gasteiger partial charge is 0.460 e. The molecule has 0 atom stereocenters. The molecule has 1 N–H and O–H groups in total. The van der Waals surface area contributed by atoms with Gasteiger partial charge in [0.15, 0.2) is 0 Å². The summed E-state index contributed by atoms with van der Waals surface area (Å²) < 4.78 is 14.4. The summed E-state index contributed by atoms with van der Waals surface area (Å²) in [4.78, 5) is 34.5. The highest BCUT2D eigenvalue weighted by atomic mass is 16.7. The van der Waals surface area contributed by atoms with Gasteiger partial charge in [-0.3, -0.25) is 0 Å². The van der Waals surface area contributed by atoms with Crippen LogP contribution < -0.4 is 5.32 Å². The molecule has 0 saturated heterocycles. The molecule has 0 heterocycles. The standard InChI is InChI=1S/C19H19NO6/c1-13(2)17(21)24-10-9-20-19(23)26-12-25-18(22)16-8-7-14-5-3-4-6-15(14)11-16/h3-8,11H,1,9-10,12H2,2H3,(H,20,23). The third kappa shape index (κ3) is 5.62. The van der Waals surface area contributed by atoms with Gasteiger partial charge in [0.05, 0.1) is 12.1 Å². The van der Waals surface area contributed by atoms with E-state index in [0.717, 1.165) is 10.8 Å². The number of hydrogen-bond donors (Lipinski definition) is 1. The Labute approximate surface area is 150 Å². The summed E-state index contributed by atoms with van der Waals surface area (Å²) in [5, 5.41) is 4.27. The van der Waals surface area contributed by atoms with Gasteiger partial charge < -0.3 is 19.5 Å². The van der Waals surface area contributed by atoms with Crippen LogP contribution in [0.25, 0.3) is 10.8 Å². The van der Waals surface area contributed by atoms with Crippen molar-refractivity contribution in [2.75, 3.05) is 19.9 Å². The predicted octanol–water partition coefficient (Wildman–Crippen LogP) is 2.80. The van der Waals surface area contributed by atoms with Crippen LogP contribution in [0, 0.1) is 0 Å². The van der Waals surface area contributed by atoms with E-state index >= 15 is 0 Å². The number of hydrogen-bond acceptors (Lipinski definition) is 6. The molecule has 26 heavy (non-hydrogen) atoms. The van der Waals surface area contributed by atoms with Crippen LogP contribution in [0.15, 0.2) is 54.6 Å². The van der Waals surface area contributed by atoms with Gasteiger partial charge in [-0.2, -0.15) is 0 Å². The molecule has 0 radical (unpaired) electrons. The lowest BCUT2D eigenvalue weighted by atomic mass is 10.1. The average Bonchev–Trinajstić information content (AvgIpc) is 2.64. The molecule has 0 saturated carbocycles. The van der Waals surface area contributed by atoms with Crippen LogP contribution in [0.2, 0.25) is 0 Å². The minimum Gasteiger partial charge on any atom is -0.460 e. The lowest BCUT2D eigenvalue weighted by Crippen LogP contribution is -2.29.